The standard InChI is InChI=1S/C12H22N2OS/c1-4-9-6-7-10(16-9)8-11(14-13)12(5-2)15-3/h6-7,11-12,14H,4-5,8,13H2,1-3H3. The molecule has 0 saturated heterocycles. The second kappa shape index (κ2) is 7.01. The van der Waals surface area contributed by atoms with Gasteiger partial charge in [-0.25, -0.2) is 0 Å². The van der Waals surface area contributed by atoms with E-state index < -0.39 is 0 Å². The zero-order valence-electron chi connectivity index (χ0n) is 10.3. The molecule has 3 N–H and O–H groups in total. The molecule has 1 rings (SSSR count). The van der Waals surface area contributed by atoms with Crippen LogP contribution in [0.5, 0.6) is 0 Å². The minimum Gasteiger partial charge on any atom is -0.380 e. The molecule has 0 radical (unpaired) electrons. The summed E-state index contributed by atoms with van der Waals surface area (Å²) in [5.74, 6) is 5.59. The quantitative estimate of drug-likeness (QED) is 0.568. The molecule has 92 valence electrons. The summed E-state index contributed by atoms with van der Waals surface area (Å²) < 4.78 is 5.42. The first-order chi connectivity index (χ1) is 7.74. The number of rotatable bonds is 7. The fourth-order valence-electron chi connectivity index (χ4n) is 1.85. The van der Waals surface area contributed by atoms with E-state index in [1.807, 2.05) is 11.3 Å². The van der Waals surface area contributed by atoms with Gasteiger partial charge in [0.15, 0.2) is 0 Å². The van der Waals surface area contributed by atoms with Crippen molar-refractivity contribution >= 4 is 11.3 Å². The predicted octanol–water partition coefficient (Wildman–Crippen LogP) is 2.11. The number of hydrazine groups is 1. The van der Waals surface area contributed by atoms with Gasteiger partial charge < -0.3 is 4.74 Å². The Morgan fingerprint density at radius 2 is 2.06 bits per heavy atom. The molecule has 0 aromatic carbocycles. The van der Waals surface area contributed by atoms with Crippen molar-refractivity contribution in [1.29, 1.82) is 0 Å². The molecule has 4 heteroatoms. The van der Waals surface area contributed by atoms with Crippen LogP contribution in [0.25, 0.3) is 0 Å². The molecule has 3 nitrogen and oxygen atoms in total. The summed E-state index contributed by atoms with van der Waals surface area (Å²) in [4.78, 5) is 2.80. The fourth-order valence-corrected chi connectivity index (χ4v) is 2.87. The van der Waals surface area contributed by atoms with Gasteiger partial charge in [-0.15, -0.1) is 11.3 Å². The first-order valence-electron chi connectivity index (χ1n) is 5.81. The molecule has 0 amide bonds. The van der Waals surface area contributed by atoms with Gasteiger partial charge in [0.2, 0.25) is 0 Å². The first-order valence-corrected chi connectivity index (χ1v) is 6.63. The highest BCUT2D eigenvalue weighted by Gasteiger charge is 2.19. The van der Waals surface area contributed by atoms with Gasteiger partial charge in [0, 0.05) is 23.3 Å². The van der Waals surface area contributed by atoms with Crippen LogP contribution in [0.3, 0.4) is 0 Å². The number of methoxy groups -OCH3 is 1. The summed E-state index contributed by atoms with van der Waals surface area (Å²) in [6, 6.07) is 4.58. The SMILES string of the molecule is CCc1ccc(CC(NN)C(CC)OC)s1. The van der Waals surface area contributed by atoms with Crippen LogP contribution in [-0.4, -0.2) is 19.3 Å². The van der Waals surface area contributed by atoms with Crippen LogP contribution in [0, 0.1) is 0 Å². The molecule has 1 heterocycles. The van der Waals surface area contributed by atoms with Crippen LogP contribution in [0.2, 0.25) is 0 Å². The van der Waals surface area contributed by atoms with Crippen LogP contribution in [0.15, 0.2) is 12.1 Å². The van der Waals surface area contributed by atoms with E-state index in [4.69, 9.17) is 10.6 Å². The third-order valence-corrected chi connectivity index (χ3v) is 4.11. The van der Waals surface area contributed by atoms with E-state index in [9.17, 15) is 0 Å². The highest BCUT2D eigenvalue weighted by molar-refractivity contribution is 7.11. The summed E-state index contributed by atoms with van der Waals surface area (Å²) in [5.41, 5.74) is 2.86. The average Bonchev–Trinajstić information content (AvgIpc) is 2.77. The van der Waals surface area contributed by atoms with Crippen molar-refractivity contribution in [2.45, 2.75) is 45.3 Å². The van der Waals surface area contributed by atoms with Gasteiger partial charge in [-0.2, -0.15) is 0 Å². The number of ether oxygens (including phenoxy) is 1. The van der Waals surface area contributed by atoms with Gasteiger partial charge in [0.05, 0.1) is 12.1 Å². The minimum absolute atomic E-state index is 0.178. The smallest absolute Gasteiger partial charge is 0.0738 e. The molecule has 1 aromatic rings. The summed E-state index contributed by atoms with van der Waals surface area (Å²) >= 11 is 1.86. The van der Waals surface area contributed by atoms with Crippen molar-refractivity contribution in [1.82, 2.24) is 5.43 Å². The number of thiophene rings is 1. The van der Waals surface area contributed by atoms with E-state index in [-0.39, 0.29) is 12.1 Å². The van der Waals surface area contributed by atoms with Gasteiger partial charge in [-0.3, -0.25) is 11.3 Å². The van der Waals surface area contributed by atoms with E-state index in [0.717, 1.165) is 19.3 Å². The summed E-state index contributed by atoms with van der Waals surface area (Å²) in [7, 11) is 1.74. The molecule has 0 spiro atoms. The molecule has 1 aromatic heterocycles. The van der Waals surface area contributed by atoms with Gasteiger partial charge in [0.25, 0.3) is 0 Å². The highest BCUT2D eigenvalue weighted by Crippen LogP contribution is 2.20. The van der Waals surface area contributed by atoms with Gasteiger partial charge in [-0.05, 0) is 25.0 Å². The fraction of sp³-hybridized carbons (Fsp3) is 0.667. The average molecular weight is 242 g/mol. The largest absolute Gasteiger partial charge is 0.380 e. The predicted molar refractivity (Wildman–Crippen MR) is 69.6 cm³/mol. The molecular weight excluding hydrogens is 220 g/mol. The minimum atomic E-state index is 0.178. The van der Waals surface area contributed by atoms with Crippen molar-refractivity contribution in [2.75, 3.05) is 7.11 Å². The zero-order chi connectivity index (χ0) is 12.0. The lowest BCUT2D eigenvalue weighted by Crippen LogP contribution is -2.45. The van der Waals surface area contributed by atoms with E-state index in [1.54, 1.807) is 7.11 Å². The van der Waals surface area contributed by atoms with Crippen molar-refractivity contribution in [3.05, 3.63) is 21.9 Å². The van der Waals surface area contributed by atoms with Crippen molar-refractivity contribution in [3.8, 4) is 0 Å². The molecule has 0 aliphatic carbocycles. The van der Waals surface area contributed by atoms with Gasteiger partial charge in [0.1, 0.15) is 0 Å². The van der Waals surface area contributed by atoms with Crippen LogP contribution >= 0.6 is 11.3 Å². The molecule has 0 fully saturated rings. The summed E-state index contributed by atoms with van der Waals surface area (Å²) in [5, 5.41) is 0. The number of nitrogens with one attached hydrogen (secondary N) is 1. The number of nitrogens with two attached hydrogens (primary N) is 1. The monoisotopic (exact) mass is 242 g/mol. The van der Waals surface area contributed by atoms with Gasteiger partial charge >= 0.3 is 0 Å². The Morgan fingerprint density at radius 1 is 1.38 bits per heavy atom. The zero-order valence-corrected chi connectivity index (χ0v) is 11.1. The van der Waals surface area contributed by atoms with E-state index >= 15 is 0 Å². The topological polar surface area (TPSA) is 47.3 Å². The number of hydrogen-bond acceptors (Lipinski definition) is 4. The Labute approximate surface area is 102 Å². The van der Waals surface area contributed by atoms with Crippen molar-refractivity contribution in [3.63, 3.8) is 0 Å². The molecule has 0 aliphatic heterocycles. The lowest BCUT2D eigenvalue weighted by molar-refractivity contribution is 0.0656. The first kappa shape index (κ1) is 13.6. The third kappa shape index (κ3) is 3.56. The number of aryl methyl sites for hydroxylation is 1. The lowest BCUT2D eigenvalue weighted by Gasteiger charge is -2.23. The summed E-state index contributed by atoms with van der Waals surface area (Å²) in [6.07, 6.45) is 3.19. The van der Waals surface area contributed by atoms with Gasteiger partial charge in [-0.1, -0.05) is 13.8 Å². The van der Waals surface area contributed by atoms with E-state index in [0.29, 0.717) is 0 Å². The maximum atomic E-state index is 5.59. The van der Waals surface area contributed by atoms with Crippen molar-refractivity contribution in [2.24, 2.45) is 5.84 Å². The molecule has 16 heavy (non-hydrogen) atoms. The van der Waals surface area contributed by atoms with Crippen LogP contribution in [-0.2, 0) is 17.6 Å². The van der Waals surface area contributed by atoms with Crippen molar-refractivity contribution < 1.29 is 4.74 Å². The maximum absolute atomic E-state index is 5.59. The van der Waals surface area contributed by atoms with Crippen LogP contribution in [0.1, 0.15) is 30.0 Å². The molecule has 0 bridgehead atoms. The molecule has 2 atom stereocenters. The number of hydrogen-bond donors (Lipinski definition) is 2. The Morgan fingerprint density at radius 3 is 2.50 bits per heavy atom. The Bertz CT molecular complexity index is 297. The Hall–Kier alpha value is -0.420. The molecule has 0 aliphatic rings. The second-order valence-electron chi connectivity index (χ2n) is 3.88. The third-order valence-electron chi connectivity index (χ3n) is 2.85. The van der Waals surface area contributed by atoms with E-state index in [2.05, 4.69) is 31.4 Å². The van der Waals surface area contributed by atoms with Crippen LogP contribution < -0.4 is 11.3 Å². The molecule has 0 saturated carbocycles. The Kier molecular flexibility index (Phi) is 5.98. The maximum Gasteiger partial charge on any atom is 0.0738 e. The van der Waals surface area contributed by atoms with E-state index in [1.165, 1.54) is 9.75 Å². The second-order valence-corrected chi connectivity index (χ2v) is 5.13. The summed E-state index contributed by atoms with van der Waals surface area (Å²) in [6.45, 7) is 4.29. The Balaban J connectivity index is 2.61. The lowest BCUT2D eigenvalue weighted by atomic mass is 10.1. The molecular formula is C12H22N2OS. The van der Waals surface area contributed by atoms with Crippen LogP contribution in [0.4, 0.5) is 0 Å². The highest BCUT2D eigenvalue weighted by atomic mass is 32.1. The normalized spacial score (nSPS) is 15.0. The molecule has 2 unspecified atom stereocenters.